The minimum Gasteiger partial charge on any atom is -0.507 e. The van der Waals surface area contributed by atoms with Gasteiger partial charge in [-0.3, -0.25) is 14.3 Å². The van der Waals surface area contributed by atoms with E-state index in [9.17, 15) is 14.7 Å². The molecule has 2 amide bonds. The second-order valence-corrected chi connectivity index (χ2v) is 6.53. The van der Waals surface area contributed by atoms with Gasteiger partial charge in [0.15, 0.2) is 0 Å². The Hall–Kier alpha value is -2.54. The molecule has 1 heterocycles. The van der Waals surface area contributed by atoms with E-state index in [2.05, 4.69) is 15.7 Å². The maximum atomic E-state index is 12.2. The molecule has 8 heteroatoms. The molecule has 7 nitrogen and oxygen atoms in total. The number of hydrogen-bond donors (Lipinski definition) is 3. The molecule has 3 N–H and O–H groups in total. The lowest BCUT2D eigenvalue weighted by molar-refractivity contribution is -0.122. The number of halogens is 1. The van der Waals surface area contributed by atoms with Crippen LogP contribution < -0.4 is 10.6 Å². The smallest absolute Gasteiger partial charge is 0.259 e. The summed E-state index contributed by atoms with van der Waals surface area (Å²) in [4.78, 5) is 24.2. The van der Waals surface area contributed by atoms with Crippen LogP contribution in [0.1, 0.15) is 36.0 Å². The van der Waals surface area contributed by atoms with Crippen molar-refractivity contribution in [2.24, 2.45) is 0 Å². The molecule has 25 heavy (non-hydrogen) atoms. The molecule has 1 saturated carbocycles. The van der Waals surface area contributed by atoms with Gasteiger partial charge in [-0.25, -0.2) is 0 Å². The molecule has 0 saturated heterocycles. The number of carbonyl (C=O) groups excluding carboxylic acids is 2. The molecule has 0 aliphatic heterocycles. The quantitative estimate of drug-likeness (QED) is 0.761. The van der Waals surface area contributed by atoms with E-state index in [4.69, 9.17) is 11.6 Å². The van der Waals surface area contributed by atoms with Gasteiger partial charge in [-0.1, -0.05) is 24.4 Å². The van der Waals surface area contributed by atoms with E-state index < -0.39 is 5.91 Å². The Bertz CT molecular complexity index is 784. The number of anilines is 1. The highest BCUT2D eigenvalue weighted by molar-refractivity contribution is 6.31. The van der Waals surface area contributed by atoms with Crippen molar-refractivity contribution in [2.45, 2.75) is 38.3 Å². The number of hydrogen-bond acceptors (Lipinski definition) is 4. The fourth-order valence-electron chi connectivity index (χ4n) is 2.89. The Kier molecular flexibility index (Phi) is 5.23. The van der Waals surface area contributed by atoms with E-state index in [0.29, 0.717) is 10.7 Å². The number of aromatic nitrogens is 2. The summed E-state index contributed by atoms with van der Waals surface area (Å²) in [7, 11) is 0. The highest BCUT2D eigenvalue weighted by Gasteiger charge is 2.18. The number of carbonyl (C=O) groups is 2. The lowest BCUT2D eigenvalue weighted by Crippen LogP contribution is -2.35. The van der Waals surface area contributed by atoms with Gasteiger partial charge in [0.05, 0.1) is 17.4 Å². The summed E-state index contributed by atoms with van der Waals surface area (Å²) in [5.74, 6) is -0.763. The molecule has 1 aromatic carbocycles. The summed E-state index contributed by atoms with van der Waals surface area (Å²) >= 11 is 5.84. The predicted molar refractivity (Wildman–Crippen MR) is 93.7 cm³/mol. The van der Waals surface area contributed by atoms with Crippen LogP contribution in [-0.2, 0) is 11.3 Å². The minimum absolute atomic E-state index is 0.0687. The Labute approximate surface area is 150 Å². The first-order valence-corrected chi connectivity index (χ1v) is 8.51. The van der Waals surface area contributed by atoms with Crippen LogP contribution >= 0.6 is 11.6 Å². The van der Waals surface area contributed by atoms with Gasteiger partial charge in [-0.15, -0.1) is 0 Å². The first-order valence-electron chi connectivity index (χ1n) is 8.13. The van der Waals surface area contributed by atoms with E-state index in [0.717, 1.165) is 25.7 Å². The number of amides is 2. The molecule has 1 aliphatic rings. The molecule has 1 aromatic heterocycles. The first kappa shape index (κ1) is 17.3. The third-order valence-electron chi connectivity index (χ3n) is 4.12. The predicted octanol–water partition coefficient (Wildman–Crippen LogP) is 2.55. The fraction of sp³-hybridized carbons (Fsp3) is 0.353. The summed E-state index contributed by atoms with van der Waals surface area (Å²) in [6.45, 7) is 0.0920. The van der Waals surface area contributed by atoms with Crippen LogP contribution in [0.2, 0.25) is 5.02 Å². The second kappa shape index (κ2) is 7.57. The van der Waals surface area contributed by atoms with Crippen molar-refractivity contribution in [1.29, 1.82) is 0 Å². The number of nitrogens with one attached hydrogen (secondary N) is 2. The highest BCUT2D eigenvalue weighted by Crippen LogP contribution is 2.22. The number of nitrogens with zero attached hydrogens (tertiary/aromatic N) is 2. The topological polar surface area (TPSA) is 96.2 Å². The van der Waals surface area contributed by atoms with Gasteiger partial charge in [-0.2, -0.15) is 5.10 Å². The van der Waals surface area contributed by atoms with Gasteiger partial charge in [-0.05, 0) is 31.0 Å². The Morgan fingerprint density at radius 1 is 1.32 bits per heavy atom. The Balaban J connectivity index is 1.58. The molecule has 0 bridgehead atoms. The largest absolute Gasteiger partial charge is 0.507 e. The van der Waals surface area contributed by atoms with Gasteiger partial charge < -0.3 is 15.7 Å². The number of phenolic OH excluding ortho intramolecular Hbond substituents is 1. The SMILES string of the molecule is O=C(Cn1cc(NC(=O)c2cc(Cl)ccc2O)cn1)NC1CCCC1. The van der Waals surface area contributed by atoms with Crippen LogP contribution in [-0.4, -0.2) is 32.7 Å². The Morgan fingerprint density at radius 2 is 2.08 bits per heavy atom. The number of benzene rings is 1. The molecule has 0 spiro atoms. The van der Waals surface area contributed by atoms with Gasteiger partial charge in [0.25, 0.3) is 5.91 Å². The molecular weight excluding hydrogens is 344 g/mol. The van der Waals surface area contributed by atoms with Gasteiger partial charge in [0, 0.05) is 17.3 Å². The summed E-state index contributed by atoms with van der Waals surface area (Å²) in [6.07, 6.45) is 7.36. The number of aromatic hydroxyl groups is 1. The van der Waals surface area contributed by atoms with Gasteiger partial charge >= 0.3 is 0 Å². The van der Waals surface area contributed by atoms with Crippen molar-refractivity contribution in [3.8, 4) is 5.75 Å². The zero-order valence-electron chi connectivity index (χ0n) is 13.5. The van der Waals surface area contributed by atoms with Gasteiger partial charge in [0.1, 0.15) is 12.3 Å². The molecule has 3 rings (SSSR count). The lowest BCUT2D eigenvalue weighted by Gasteiger charge is -2.11. The van der Waals surface area contributed by atoms with Crippen molar-refractivity contribution >= 4 is 29.1 Å². The number of phenols is 1. The van der Waals surface area contributed by atoms with Crippen molar-refractivity contribution in [3.05, 3.63) is 41.2 Å². The van der Waals surface area contributed by atoms with Crippen LogP contribution in [0.15, 0.2) is 30.6 Å². The normalized spacial score (nSPS) is 14.4. The average molecular weight is 363 g/mol. The van der Waals surface area contributed by atoms with Crippen LogP contribution in [0.3, 0.4) is 0 Å². The summed E-state index contributed by atoms with van der Waals surface area (Å²) < 4.78 is 1.46. The van der Waals surface area contributed by atoms with Crippen molar-refractivity contribution in [2.75, 3.05) is 5.32 Å². The third kappa shape index (κ3) is 4.51. The molecule has 0 radical (unpaired) electrons. The van der Waals surface area contributed by atoms with Crippen LogP contribution in [0.4, 0.5) is 5.69 Å². The number of rotatable bonds is 5. The summed E-state index contributed by atoms with van der Waals surface area (Å²) in [6, 6.07) is 4.49. The van der Waals surface area contributed by atoms with Crippen LogP contribution in [0.5, 0.6) is 5.75 Å². The standard InChI is InChI=1S/C17H19ClN4O3/c18-11-5-6-15(23)14(7-11)17(25)21-13-8-19-22(9-13)10-16(24)20-12-3-1-2-4-12/h5-9,12,23H,1-4,10H2,(H,20,24)(H,21,25). The van der Waals surface area contributed by atoms with E-state index in [1.165, 1.54) is 29.1 Å². The van der Waals surface area contributed by atoms with E-state index in [-0.39, 0.29) is 29.8 Å². The molecule has 1 aliphatic carbocycles. The average Bonchev–Trinajstić information content (AvgIpc) is 3.22. The molecule has 132 valence electrons. The minimum atomic E-state index is -0.505. The van der Waals surface area contributed by atoms with Crippen molar-refractivity contribution in [1.82, 2.24) is 15.1 Å². The van der Waals surface area contributed by atoms with Gasteiger partial charge in [0.2, 0.25) is 5.91 Å². The molecular formula is C17H19ClN4O3. The van der Waals surface area contributed by atoms with Crippen molar-refractivity contribution in [3.63, 3.8) is 0 Å². The maximum Gasteiger partial charge on any atom is 0.259 e. The maximum absolute atomic E-state index is 12.2. The summed E-state index contributed by atoms with van der Waals surface area (Å²) in [5.41, 5.74) is 0.497. The molecule has 2 aromatic rings. The fourth-order valence-corrected chi connectivity index (χ4v) is 3.07. The summed E-state index contributed by atoms with van der Waals surface area (Å²) in [5, 5.41) is 19.8. The molecule has 0 unspecified atom stereocenters. The first-order chi connectivity index (χ1) is 12.0. The second-order valence-electron chi connectivity index (χ2n) is 6.09. The monoisotopic (exact) mass is 362 g/mol. The van der Waals surface area contributed by atoms with Crippen LogP contribution in [0, 0.1) is 0 Å². The third-order valence-corrected chi connectivity index (χ3v) is 4.36. The zero-order chi connectivity index (χ0) is 17.8. The lowest BCUT2D eigenvalue weighted by atomic mass is 10.2. The molecule has 1 fully saturated rings. The van der Waals surface area contributed by atoms with E-state index >= 15 is 0 Å². The highest BCUT2D eigenvalue weighted by atomic mass is 35.5. The molecule has 0 atom stereocenters. The Morgan fingerprint density at radius 3 is 2.84 bits per heavy atom. The zero-order valence-corrected chi connectivity index (χ0v) is 14.3. The van der Waals surface area contributed by atoms with Crippen molar-refractivity contribution < 1.29 is 14.7 Å². The van der Waals surface area contributed by atoms with E-state index in [1.54, 1.807) is 6.20 Å². The van der Waals surface area contributed by atoms with Crippen LogP contribution in [0.25, 0.3) is 0 Å². The van der Waals surface area contributed by atoms with E-state index in [1.807, 2.05) is 0 Å².